The van der Waals surface area contributed by atoms with Gasteiger partial charge in [-0.05, 0) is 19.3 Å². The fourth-order valence-corrected chi connectivity index (χ4v) is 5.07. The summed E-state index contributed by atoms with van der Waals surface area (Å²) in [5, 5.41) is 13.5. The number of allylic oxidation sites excluding steroid dienone is 1. The summed E-state index contributed by atoms with van der Waals surface area (Å²) in [6, 6.07) is -0.834. The smallest absolute Gasteiger partial charge is 0.387 e. The highest BCUT2D eigenvalue weighted by Crippen LogP contribution is 2.43. The number of likely N-dealkylation sites (N-methyl/N-ethyl adjacent to an activating group) is 1. The number of quaternary nitrogens is 1. The Labute approximate surface area is 246 Å². The van der Waals surface area contributed by atoms with E-state index in [1.54, 1.807) is 6.08 Å². The van der Waals surface area contributed by atoms with Crippen LogP contribution in [0.2, 0.25) is 0 Å². The normalized spacial score (nSPS) is 15.3. The third kappa shape index (κ3) is 26.2. The Balaban J connectivity index is 4.39. The number of amides is 1. The first kappa shape index (κ1) is 39.2. The van der Waals surface area contributed by atoms with Crippen molar-refractivity contribution in [3.63, 3.8) is 0 Å². The second kappa shape index (κ2) is 24.8. The maximum Gasteiger partial charge on any atom is 0.472 e. The van der Waals surface area contributed by atoms with Gasteiger partial charge in [0.1, 0.15) is 13.2 Å². The average Bonchev–Trinajstić information content (AvgIpc) is 2.88. The van der Waals surface area contributed by atoms with Crippen LogP contribution in [0.15, 0.2) is 12.2 Å². The maximum atomic E-state index is 12.4. The molecule has 0 aliphatic heterocycles. The van der Waals surface area contributed by atoms with Crippen molar-refractivity contribution in [1.29, 1.82) is 0 Å². The van der Waals surface area contributed by atoms with E-state index in [1.807, 2.05) is 27.2 Å². The van der Waals surface area contributed by atoms with Crippen molar-refractivity contribution in [2.75, 3.05) is 40.9 Å². The zero-order valence-corrected chi connectivity index (χ0v) is 27.5. The van der Waals surface area contributed by atoms with E-state index in [1.165, 1.54) is 70.6 Å². The summed E-state index contributed by atoms with van der Waals surface area (Å²) in [6.07, 6.45) is 23.4. The lowest BCUT2D eigenvalue weighted by Crippen LogP contribution is -2.45. The number of carbonyl (C=O) groups is 1. The number of carbonyl (C=O) groups excluding carboxylic acids is 1. The molecule has 3 atom stereocenters. The molecule has 0 bridgehead atoms. The summed E-state index contributed by atoms with van der Waals surface area (Å²) in [4.78, 5) is 22.4. The van der Waals surface area contributed by atoms with Crippen LogP contribution in [0.3, 0.4) is 0 Å². The van der Waals surface area contributed by atoms with Gasteiger partial charge in [-0.1, -0.05) is 116 Å². The zero-order chi connectivity index (χ0) is 30.1. The molecule has 3 unspecified atom stereocenters. The van der Waals surface area contributed by atoms with Crippen molar-refractivity contribution in [1.82, 2.24) is 5.32 Å². The number of hydrogen-bond acceptors (Lipinski definition) is 5. The minimum Gasteiger partial charge on any atom is -0.387 e. The molecular weight excluding hydrogens is 527 g/mol. The quantitative estimate of drug-likeness (QED) is 0.0382. The first-order valence-electron chi connectivity index (χ1n) is 16.1. The standard InChI is InChI=1S/C31H63N2O6P/c1-6-8-10-11-12-13-14-15-16-17-18-19-20-21-23-24-30(34)29(32-31(35)25-22-9-7-2)28-39-40(36,37)38-27-26-33(3,4)5/h23-24,29-30,34H,6-22,25-28H2,1-5H3,(H-,32,35,36,37)/p+1/b24-23+. The number of aliphatic hydroxyl groups is 1. The molecule has 0 aliphatic rings. The molecule has 40 heavy (non-hydrogen) atoms. The molecule has 9 heteroatoms. The Bertz CT molecular complexity index is 683. The van der Waals surface area contributed by atoms with Crippen molar-refractivity contribution >= 4 is 13.7 Å². The van der Waals surface area contributed by atoms with Gasteiger partial charge < -0.3 is 19.8 Å². The van der Waals surface area contributed by atoms with Crippen LogP contribution < -0.4 is 5.32 Å². The summed E-state index contributed by atoms with van der Waals surface area (Å²) in [6.45, 7) is 4.61. The Morgan fingerprint density at radius 2 is 1.32 bits per heavy atom. The second-order valence-electron chi connectivity index (χ2n) is 12.2. The van der Waals surface area contributed by atoms with E-state index >= 15 is 0 Å². The zero-order valence-electron chi connectivity index (χ0n) is 26.6. The molecule has 0 aromatic heterocycles. The van der Waals surface area contributed by atoms with Crippen molar-refractivity contribution in [2.45, 2.75) is 142 Å². The van der Waals surface area contributed by atoms with Gasteiger partial charge in [-0.25, -0.2) is 4.57 Å². The Morgan fingerprint density at radius 3 is 1.85 bits per heavy atom. The molecular formula is C31H64N2O6P+. The van der Waals surface area contributed by atoms with Gasteiger partial charge in [-0.2, -0.15) is 0 Å². The third-order valence-electron chi connectivity index (χ3n) is 7.01. The highest BCUT2D eigenvalue weighted by atomic mass is 31.2. The van der Waals surface area contributed by atoms with E-state index in [2.05, 4.69) is 19.2 Å². The lowest BCUT2D eigenvalue weighted by molar-refractivity contribution is -0.870. The van der Waals surface area contributed by atoms with Gasteiger partial charge in [-0.3, -0.25) is 13.8 Å². The summed E-state index contributed by atoms with van der Waals surface area (Å²) < 4.78 is 23.1. The Morgan fingerprint density at radius 1 is 0.825 bits per heavy atom. The molecule has 0 heterocycles. The number of hydrogen-bond donors (Lipinski definition) is 3. The van der Waals surface area contributed by atoms with Crippen molar-refractivity contribution in [2.24, 2.45) is 0 Å². The van der Waals surface area contributed by atoms with Gasteiger partial charge in [-0.15, -0.1) is 0 Å². The molecule has 0 saturated carbocycles. The van der Waals surface area contributed by atoms with Gasteiger partial charge in [0.25, 0.3) is 0 Å². The third-order valence-corrected chi connectivity index (χ3v) is 7.99. The number of phosphoric acid groups is 1. The number of aliphatic hydroxyl groups excluding tert-OH is 1. The van der Waals surface area contributed by atoms with Gasteiger partial charge in [0.15, 0.2) is 0 Å². The van der Waals surface area contributed by atoms with Gasteiger partial charge >= 0.3 is 7.82 Å². The molecule has 0 spiro atoms. The Hall–Kier alpha value is -0.760. The molecule has 0 radical (unpaired) electrons. The first-order chi connectivity index (χ1) is 19.0. The molecule has 0 aromatic carbocycles. The first-order valence-corrected chi connectivity index (χ1v) is 17.6. The summed E-state index contributed by atoms with van der Waals surface area (Å²) in [7, 11) is 1.57. The highest BCUT2D eigenvalue weighted by Gasteiger charge is 2.27. The number of nitrogens with one attached hydrogen (secondary N) is 1. The van der Waals surface area contributed by atoms with E-state index < -0.39 is 20.0 Å². The predicted octanol–water partition coefficient (Wildman–Crippen LogP) is 7.29. The van der Waals surface area contributed by atoms with Crippen molar-refractivity contribution in [3.8, 4) is 0 Å². The van der Waals surface area contributed by atoms with Gasteiger partial charge in [0.05, 0.1) is 39.9 Å². The van der Waals surface area contributed by atoms with Crippen LogP contribution in [0, 0.1) is 0 Å². The van der Waals surface area contributed by atoms with E-state index in [9.17, 15) is 19.4 Å². The topological polar surface area (TPSA) is 105 Å². The Kier molecular flexibility index (Phi) is 24.3. The SMILES string of the molecule is CCCCCCCCCCCCCCC/C=C/C(O)C(COP(=O)(O)OCC[N+](C)(C)C)NC(=O)CCCCC. The molecule has 3 N–H and O–H groups in total. The molecule has 0 fully saturated rings. The lowest BCUT2D eigenvalue weighted by atomic mass is 10.0. The molecule has 8 nitrogen and oxygen atoms in total. The largest absolute Gasteiger partial charge is 0.472 e. The highest BCUT2D eigenvalue weighted by molar-refractivity contribution is 7.47. The van der Waals surface area contributed by atoms with Crippen molar-refractivity contribution < 1.29 is 32.9 Å². The van der Waals surface area contributed by atoms with Gasteiger partial charge in [0.2, 0.25) is 5.91 Å². The van der Waals surface area contributed by atoms with Crippen LogP contribution in [-0.4, -0.2) is 73.4 Å². The van der Waals surface area contributed by atoms with Crippen LogP contribution in [0.25, 0.3) is 0 Å². The number of unbranched alkanes of at least 4 members (excludes halogenated alkanes) is 15. The van der Waals surface area contributed by atoms with E-state index in [4.69, 9.17) is 9.05 Å². The van der Waals surface area contributed by atoms with Crippen LogP contribution in [0.1, 0.15) is 129 Å². The van der Waals surface area contributed by atoms with Crippen LogP contribution in [0.5, 0.6) is 0 Å². The average molecular weight is 592 g/mol. The molecule has 0 rings (SSSR count). The predicted molar refractivity (Wildman–Crippen MR) is 166 cm³/mol. The van der Waals surface area contributed by atoms with Crippen LogP contribution >= 0.6 is 7.82 Å². The van der Waals surface area contributed by atoms with Crippen molar-refractivity contribution in [3.05, 3.63) is 12.2 Å². The monoisotopic (exact) mass is 591 g/mol. The second-order valence-corrected chi connectivity index (χ2v) is 13.6. The minimum absolute atomic E-state index is 0.0624. The van der Waals surface area contributed by atoms with E-state index in [0.717, 1.165) is 38.5 Å². The molecule has 0 aromatic rings. The summed E-state index contributed by atoms with van der Waals surface area (Å²) in [5.41, 5.74) is 0. The molecule has 238 valence electrons. The van der Waals surface area contributed by atoms with E-state index in [-0.39, 0.29) is 19.1 Å². The van der Waals surface area contributed by atoms with Crippen LogP contribution in [-0.2, 0) is 18.4 Å². The van der Waals surface area contributed by atoms with Gasteiger partial charge in [0, 0.05) is 6.42 Å². The molecule has 0 aliphatic carbocycles. The van der Waals surface area contributed by atoms with E-state index in [0.29, 0.717) is 17.4 Å². The van der Waals surface area contributed by atoms with Crippen LogP contribution in [0.4, 0.5) is 0 Å². The fraction of sp³-hybridized carbons (Fsp3) is 0.903. The maximum absolute atomic E-state index is 12.4. The number of phosphoric ester groups is 1. The summed E-state index contributed by atoms with van der Waals surface area (Å²) in [5.74, 6) is -0.204. The minimum atomic E-state index is -4.30. The molecule has 1 amide bonds. The number of rotatable bonds is 28. The summed E-state index contributed by atoms with van der Waals surface area (Å²) >= 11 is 0. The lowest BCUT2D eigenvalue weighted by Gasteiger charge is -2.25. The fourth-order valence-electron chi connectivity index (χ4n) is 4.33. The number of nitrogens with zero attached hydrogens (tertiary/aromatic N) is 1. The molecule has 0 saturated heterocycles.